The number of carboxylic acid groups (broad SMARTS) is 1. The smallest absolute Gasteiger partial charge is 0.339 e. The molecule has 0 radical (unpaired) electrons. The highest BCUT2D eigenvalue weighted by Crippen LogP contribution is 2.22. The molecule has 1 amide bonds. The van der Waals surface area contributed by atoms with Crippen molar-refractivity contribution in [1.82, 2.24) is 0 Å². The van der Waals surface area contributed by atoms with E-state index in [0.29, 0.717) is 0 Å². The fourth-order valence-electron chi connectivity index (χ4n) is 2.28. The van der Waals surface area contributed by atoms with E-state index >= 15 is 0 Å². The minimum Gasteiger partial charge on any atom is -0.483 e. The first-order valence-electron chi connectivity index (χ1n) is 7.82. The lowest BCUT2D eigenvalue weighted by Crippen LogP contribution is -2.21. The first-order chi connectivity index (χ1) is 10.5. The molecule has 0 saturated carbocycles. The Morgan fingerprint density at radius 3 is 2.45 bits per heavy atom. The number of unbranched alkanes of at least 4 members (excludes halogenated alkanes) is 5. The molecular weight excluding hydrogens is 282 g/mol. The predicted octanol–water partition coefficient (Wildman–Crippen LogP) is 3.15. The van der Waals surface area contributed by atoms with Gasteiger partial charge in [0.15, 0.2) is 6.61 Å². The van der Waals surface area contributed by atoms with Gasteiger partial charge in [0, 0.05) is 0 Å². The van der Waals surface area contributed by atoms with E-state index in [9.17, 15) is 9.59 Å². The lowest BCUT2D eigenvalue weighted by atomic mass is 10.0. The zero-order valence-electron chi connectivity index (χ0n) is 13.1. The zero-order chi connectivity index (χ0) is 16.4. The highest BCUT2D eigenvalue weighted by atomic mass is 16.5. The molecule has 1 aromatic carbocycles. The van der Waals surface area contributed by atoms with Crippen LogP contribution in [0.1, 0.15) is 61.4 Å². The van der Waals surface area contributed by atoms with Gasteiger partial charge >= 0.3 is 5.97 Å². The Bertz CT molecular complexity index is 499. The van der Waals surface area contributed by atoms with Crippen LogP contribution < -0.4 is 10.5 Å². The summed E-state index contributed by atoms with van der Waals surface area (Å²) in [5.41, 5.74) is 6.09. The number of ether oxygens (including phenoxy) is 1. The van der Waals surface area contributed by atoms with Crippen LogP contribution in [-0.4, -0.2) is 23.6 Å². The molecule has 1 aromatic rings. The monoisotopic (exact) mass is 307 g/mol. The molecule has 5 nitrogen and oxygen atoms in total. The molecule has 22 heavy (non-hydrogen) atoms. The van der Waals surface area contributed by atoms with Crippen molar-refractivity contribution in [3.63, 3.8) is 0 Å². The van der Waals surface area contributed by atoms with Crippen molar-refractivity contribution in [1.29, 1.82) is 0 Å². The summed E-state index contributed by atoms with van der Waals surface area (Å²) in [6.07, 6.45) is 8.10. The number of aryl methyl sites for hydroxylation is 1. The maximum atomic E-state index is 11.1. The molecule has 0 unspecified atom stereocenters. The molecule has 1 rings (SSSR count). The number of rotatable bonds is 11. The van der Waals surface area contributed by atoms with Gasteiger partial charge < -0.3 is 15.6 Å². The second-order valence-electron chi connectivity index (χ2n) is 5.41. The maximum Gasteiger partial charge on any atom is 0.339 e. The fraction of sp³-hybridized carbons (Fsp3) is 0.529. The van der Waals surface area contributed by atoms with Crippen LogP contribution >= 0.6 is 0 Å². The third kappa shape index (κ3) is 6.61. The summed E-state index contributed by atoms with van der Waals surface area (Å²) in [4.78, 5) is 21.9. The van der Waals surface area contributed by atoms with Gasteiger partial charge in [0.2, 0.25) is 0 Å². The number of carbonyl (C=O) groups is 2. The van der Waals surface area contributed by atoms with Gasteiger partial charge in [-0.2, -0.15) is 0 Å². The summed E-state index contributed by atoms with van der Waals surface area (Å²) < 4.78 is 5.20. The lowest BCUT2D eigenvalue weighted by molar-refractivity contribution is -0.119. The van der Waals surface area contributed by atoms with Crippen molar-refractivity contribution in [2.45, 2.75) is 51.9 Å². The zero-order valence-corrected chi connectivity index (χ0v) is 13.1. The van der Waals surface area contributed by atoms with Crippen LogP contribution in [0.25, 0.3) is 0 Å². The number of nitrogens with two attached hydrogens (primary N) is 1. The molecule has 5 heteroatoms. The van der Waals surface area contributed by atoms with Crippen molar-refractivity contribution in [2.75, 3.05) is 6.61 Å². The van der Waals surface area contributed by atoms with Crippen LogP contribution in [0.15, 0.2) is 18.2 Å². The van der Waals surface area contributed by atoms with Gasteiger partial charge in [-0.1, -0.05) is 45.1 Å². The largest absolute Gasteiger partial charge is 0.483 e. The van der Waals surface area contributed by atoms with Crippen molar-refractivity contribution >= 4 is 11.9 Å². The Hall–Kier alpha value is -2.04. The average Bonchev–Trinajstić information content (AvgIpc) is 2.48. The molecule has 0 aromatic heterocycles. The Morgan fingerprint density at radius 2 is 1.82 bits per heavy atom. The van der Waals surface area contributed by atoms with E-state index < -0.39 is 11.9 Å². The lowest BCUT2D eigenvalue weighted by Gasteiger charge is -2.10. The number of carboxylic acids is 1. The summed E-state index contributed by atoms with van der Waals surface area (Å²) in [6, 6.07) is 5.01. The predicted molar refractivity (Wildman–Crippen MR) is 85.2 cm³/mol. The summed E-state index contributed by atoms with van der Waals surface area (Å²) in [6.45, 7) is 1.87. The van der Waals surface area contributed by atoms with Gasteiger partial charge in [-0.05, 0) is 30.5 Å². The van der Waals surface area contributed by atoms with Crippen molar-refractivity contribution in [3.05, 3.63) is 29.3 Å². The Balaban J connectivity index is 2.58. The van der Waals surface area contributed by atoms with Gasteiger partial charge in [0.05, 0.1) is 0 Å². The summed E-state index contributed by atoms with van der Waals surface area (Å²) in [7, 11) is 0. The quantitative estimate of drug-likeness (QED) is 0.614. The molecule has 0 aliphatic rings. The van der Waals surface area contributed by atoms with Crippen LogP contribution in [0.3, 0.4) is 0 Å². The first-order valence-corrected chi connectivity index (χ1v) is 7.82. The molecule has 0 spiro atoms. The second kappa shape index (κ2) is 9.82. The Kier molecular flexibility index (Phi) is 8.04. The number of hydrogen-bond donors (Lipinski definition) is 2. The van der Waals surface area contributed by atoms with Crippen molar-refractivity contribution in [3.8, 4) is 5.75 Å². The summed E-state index contributed by atoms with van der Waals surface area (Å²) >= 11 is 0. The van der Waals surface area contributed by atoms with Crippen LogP contribution in [0.4, 0.5) is 0 Å². The molecule has 0 atom stereocenters. The number of amides is 1. The molecule has 0 fully saturated rings. The molecular formula is C17H25NO4. The van der Waals surface area contributed by atoms with E-state index in [1.165, 1.54) is 31.7 Å². The van der Waals surface area contributed by atoms with Crippen LogP contribution in [0, 0.1) is 0 Å². The van der Waals surface area contributed by atoms with E-state index in [-0.39, 0.29) is 17.9 Å². The van der Waals surface area contributed by atoms with Crippen LogP contribution in [0.2, 0.25) is 0 Å². The number of hydrogen-bond acceptors (Lipinski definition) is 3. The molecule has 0 saturated heterocycles. The van der Waals surface area contributed by atoms with Crippen LogP contribution in [-0.2, 0) is 11.2 Å². The summed E-state index contributed by atoms with van der Waals surface area (Å²) in [5.74, 6) is -1.50. The third-order valence-electron chi connectivity index (χ3n) is 3.47. The van der Waals surface area contributed by atoms with E-state index in [1.807, 2.05) is 0 Å². The Morgan fingerprint density at radius 1 is 1.14 bits per heavy atom. The van der Waals surface area contributed by atoms with Gasteiger partial charge in [0.1, 0.15) is 11.3 Å². The van der Waals surface area contributed by atoms with E-state index in [2.05, 4.69) is 6.92 Å². The molecule has 0 aliphatic heterocycles. The second-order valence-corrected chi connectivity index (χ2v) is 5.41. The minimum atomic E-state index is -1.08. The number of carbonyl (C=O) groups excluding carboxylic acids is 1. The molecule has 3 N–H and O–H groups in total. The van der Waals surface area contributed by atoms with Crippen molar-refractivity contribution < 1.29 is 19.4 Å². The highest BCUT2D eigenvalue weighted by molar-refractivity contribution is 5.91. The van der Waals surface area contributed by atoms with Gasteiger partial charge in [0.25, 0.3) is 5.91 Å². The topological polar surface area (TPSA) is 89.6 Å². The van der Waals surface area contributed by atoms with Gasteiger partial charge in [-0.3, -0.25) is 4.79 Å². The minimum absolute atomic E-state index is 0.0490. The maximum absolute atomic E-state index is 11.1. The SMILES string of the molecule is CCCCCCCCc1ccc(C(=O)O)c(OCC(N)=O)c1. The Labute approximate surface area is 131 Å². The number of primary amides is 1. The van der Waals surface area contributed by atoms with E-state index in [1.54, 1.807) is 12.1 Å². The molecule has 122 valence electrons. The molecule has 0 aliphatic carbocycles. The average molecular weight is 307 g/mol. The normalized spacial score (nSPS) is 10.4. The first kappa shape index (κ1) is 18.0. The molecule has 0 heterocycles. The highest BCUT2D eigenvalue weighted by Gasteiger charge is 2.13. The standard InChI is InChI=1S/C17H25NO4/c1-2-3-4-5-6-7-8-13-9-10-14(17(20)21)15(11-13)22-12-16(18)19/h9-11H,2-8,12H2,1H3,(H2,18,19)(H,20,21). The third-order valence-corrected chi connectivity index (χ3v) is 3.47. The number of aromatic carboxylic acids is 1. The van der Waals surface area contributed by atoms with E-state index in [4.69, 9.17) is 15.6 Å². The van der Waals surface area contributed by atoms with Gasteiger partial charge in [-0.25, -0.2) is 4.79 Å². The van der Waals surface area contributed by atoms with Crippen molar-refractivity contribution in [2.24, 2.45) is 5.73 Å². The fourth-order valence-corrected chi connectivity index (χ4v) is 2.28. The molecule has 0 bridgehead atoms. The summed E-state index contributed by atoms with van der Waals surface area (Å²) in [5, 5.41) is 9.12. The van der Waals surface area contributed by atoms with Crippen LogP contribution in [0.5, 0.6) is 5.75 Å². The number of benzene rings is 1. The van der Waals surface area contributed by atoms with E-state index in [0.717, 1.165) is 24.8 Å². The van der Waals surface area contributed by atoms with Gasteiger partial charge in [-0.15, -0.1) is 0 Å².